The number of hydrogen-bond acceptors (Lipinski definition) is 2. The number of ether oxygens (including phenoxy) is 1. The van der Waals surface area contributed by atoms with E-state index >= 15 is 0 Å². The number of nitrogens with zero attached hydrogens (tertiary/aromatic N) is 1. The van der Waals surface area contributed by atoms with Gasteiger partial charge in [-0.05, 0) is 37.0 Å². The van der Waals surface area contributed by atoms with Gasteiger partial charge in [0.1, 0.15) is 5.75 Å². The standard InChI is InChI=1S/C13H18ClN3O/c1-8-3-5-11(8)17-13(15)16-9-4-6-12(18-2)10(14)7-9/h4,6-8,11H,3,5H2,1-2H3,(H3,15,16,17). The molecule has 1 aliphatic carbocycles. The summed E-state index contributed by atoms with van der Waals surface area (Å²) >= 11 is 6.03. The van der Waals surface area contributed by atoms with Crippen LogP contribution in [-0.2, 0) is 0 Å². The number of nitrogens with one attached hydrogen (secondary N) is 1. The van der Waals surface area contributed by atoms with Gasteiger partial charge in [0.05, 0.1) is 18.2 Å². The minimum absolute atomic E-state index is 0.353. The van der Waals surface area contributed by atoms with Gasteiger partial charge in [0.2, 0.25) is 0 Å². The maximum Gasteiger partial charge on any atom is 0.193 e. The number of benzene rings is 1. The molecule has 0 saturated heterocycles. The van der Waals surface area contributed by atoms with Crippen molar-refractivity contribution in [3.63, 3.8) is 0 Å². The van der Waals surface area contributed by atoms with E-state index in [1.807, 2.05) is 6.07 Å². The van der Waals surface area contributed by atoms with Crippen molar-refractivity contribution >= 4 is 23.2 Å². The zero-order chi connectivity index (χ0) is 13.1. The Balaban J connectivity index is 2.02. The van der Waals surface area contributed by atoms with Crippen molar-refractivity contribution in [3.05, 3.63) is 23.2 Å². The van der Waals surface area contributed by atoms with Crippen molar-refractivity contribution in [2.75, 3.05) is 12.4 Å². The molecule has 1 fully saturated rings. The highest BCUT2D eigenvalue weighted by Crippen LogP contribution is 2.30. The van der Waals surface area contributed by atoms with Gasteiger partial charge in [-0.2, -0.15) is 0 Å². The van der Waals surface area contributed by atoms with Gasteiger partial charge < -0.3 is 15.8 Å². The van der Waals surface area contributed by atoms with E-state index in [0.29, 0.717) is 28.7 Å². The number of aliphatic imine (C=N–C) groups is 1. The maximum absolute atomic E-state index is 6.03. The predicted octanol–water partition coefficient (Wildman–Crippen LogP) is 2.87. The summed E-state index contributed by atoms with van der Waals surface area (Å²) in [6, 6.07) is 5.78. The molecular formula is C13H18ClN3O. The summed E-state index contributed by atoms with van der Waals surface area (Å²) in [6.45, 7) is 2.19. The van der Waals surface area contributed by atoms with Gasteiger partial charge >= 0.3 is 0 Å². The zero-order valence-corrected chi connectivity index (χ0v) is 11.4. The van der Waals surface area contributed by atoms with Crippen molar-refractivity contribution in [2.24, 2.45) is 16.6 Å². The Morgan fingerprint density at radius 1 is 1.50 bits per heavy atom. The summed E-state index contributed by atoms with van der Waals surface area (Å²) < 4.78 is 5.09. The van der Waals surface area contributed by atoms with Crippen LogP contribution in [0.2, 0.25) is 5.02 Å². The molecule has 5 heteroatoms. The highest BCUT2D eigenvalue weighted by Gasteiger charge is 2.26. The van der Waals surface area contributed by atoms with Crippen LogP contribution in [0.25, 0.3) is 0 Å². The average Bonchev–Trinajstić information content (AvgIpc) is 2.34. The van der Waals surface area contributed by atoms with E-state index in [2.05, 4.69) is 17.2 Å². The SMILES string of the molecule is COc1ccc(NC(N)=NC2CCC2C)cc1Cl. The number of hydrogen-bond donors (Lipinski definition) is 2. The van der Waals surface area contributed by atoms with Gasteiger partial charge in [0.15, 0.2) is 5.96 Å². The van der Waals surface area contributed by atoms with E-state index < -0.39 is 0 Å². The summed E-state index contributed by atoms with van der Waals surface area (Å²) in [4.78, 5) is 4.44. The Morgan fingerprint density at radius 2 is 2.28 bits per heavy atom. The summed E-state index contributed by atoms with van der Waals surface area (Å²) in [5.74, 6) is 1.71. The molecule has 2 unspecified atom stereocenters. The lowest BCUT2D eigenvalue weighted by Crippen LogP contribution is -2.32. The summed E-state index contributed by atoms with van der Waals surface area (Å²) in [5, 5.41) is 3.59. The number of nitrogens with two attached hydrogens (primary N) is 1. The summed E-state index contributed by atoms with van der Waals surface area (Å²) in [7, 11) is 1.59. The van der Waals surface area contributed by atoms with E-state index in [-0.39, 0.29) is 0 Å². The van der Waals surface area contributed by atoms with Crippen LogP contribution in [-0.4, -0.2) is 19.1 Å². The molecule has 98 valence electrons. The van der Waals surface area contributed by atoms with Crippen LogP contribution in [0, 0.1) is 5.92 Å². The first-order chi connectivity index (χ1) is 8.60. The quantitative estimate of drug-likeness (QED) is 0.654. The minimum atomic E-state index is 0.353. The molecule has 2 atom stereocenters. The van der Waals surface area contributed by atoms with E-state index in [1.54, 1.807) is 19.2 Å². The van der Waals surface area contributed by atoms with Crippen molar-refractivity contribution in [1.82, 2.24) is 0 Å². The molecule has 2 rings (SSSR count). The van der Waals surface area contributed by atoms with Gasteiger partial charge in [-0.3, -0.25) is 0 Å². The Labute approximate surface area is 112 Å². The fourth-order valence-electron chi connectivity index (χ4n) is 1.94. The predicted molar refractivity (Wildman–Crippen MR) is 75.4 cm³/mol. The number of anilines is 1. The van der Waals surface area contributed by atoms with Gasteiger partial charge in [0, 0.05) is 5.69 Å². The highest BCUT2D eigenvalue weighted by molar-refractivity contribution is 6.32. The van der Waals surface area contributed by atoms with E-state index in [0.717, 1.165) is 12.1 Å². The van der Waals surface area contributed by atoms with Crippen LogP contribution in [0.15, 0.2) is 23.2 Å². The largest absolute Gasteiger partial charge is 0.495 e. The molecule has 4 nitrogen and oxygen atoms in total. The number of guanidine groups is 1. The van der Waals surface area contributed by atoms with Gasteiger partial charge in [-0.25, -0.2) is 4.99 Å². The fourth-order valence-corrected chi connectivity index (χ4v) is 2.20. The number of halogens is 1. The maximum atomic E-state index is 6.03. The number of rotatable bonds is 3. The molecule has 1 saturated carbocycles. The van der Waals surface area contributed by atoms with Gasteiger partial charge in [-0.15, -0.1) is 0 Å². The second-order valence-corrected chi connectivity index (χ2v) is 5.02. The van der Waals surface area contributed by atoms with Crippen molar-refractivity contribution in [2.45, 2.75) is 25.8 Å². The first-order valence-electron chi connectivity index (χ1n) is 6.04. The molecule has 18 heavy (non-hydrogen) atoms. The molecule has 0 aliphatic heterocycles. The van der Waals surface area contributed by atoms with Crippen LogP contribution < -0.4 is 15.8 Å². The molecule has 0 heterocycles. The van der Waals surface area contributed by atoms with Crippen LogP contribution in [0.3, 0.4) is 0 Å². The average molecular weight is 268 g/mol. The van der Waals surface area contributed by atoms with Crippen LogP contribution in [0.5, 0.6) is 5.75 Å². The lowest BCUT2D eigenvalue weighted by molar-refractivity contribution is 0.284. The highest BCUT2D eigenvalue weighted by atomic mass is 35.5. The minimum Gasteiger partial charge on any atom is -0.495 e. The normalized spacial score (nSPS) is 23.4. The zero-order valence-electron chi connectivity index (χ0n) is 10.6. The molecule has 0 radical (unpaired) electrons. The summed E-state index contributed by atoms with van der Waals surface area (Å²) in [6.07, 6.45) is 2.35. The lowest BCUT2D eigenvalue weighted by atomic mass is 9.82. The van der Waals surface area contributed by atoms with Crippen molar-refractivity contribution in [1.29, 1.82) is 0 Å². The monoisotopic (exact) mass is 267 g/mol. The lowest BCUT2D eigenvalue weighted by Gasteiger charge is -2.30. The molecule has 0 spiro atoms. The number of methoxy groups -OCH3 is 1. The first-order valence-corrected chi connectivity index (χ1v) is 6.42. The van der Waals surface area contributed by atoms with Crippen LogP contribution in [0.1, 0.15) is 19.8 Å². The third kappa shape index (κ3) is 2.88. The third-order valence-corrected chi connectivity index (χ3v) is 3.60. The smallest absolute Gasteiger partial charge is 0.193 e. The Kier molecular flexibility index (Phi) is 3.97. The molecule has 3 N–H and O–H groups in total. The molecule has 0 aromatic heterocycles. The Bertz CT molecular complexity index is 462. The van der Waals surface area contributed by atoms with E-state index in [9.17, 15) is 0 Å². The van der Waals surface area contributed by atoms with Crippen molar-refractivity contribution < 1.29 is 4.74 Å². The van der Waals surface area contributed by atoms with E-state index in [4.69, 9.17) is 22.1 Å². The summed E-state index contributed by atoms with van der Waals surface area (Å²) in [5.41, 5.74) is 6.68. The Morgan fingerprint density at radius 3 is 2.78 bits per heavy atom. The van der Waals surface area contributed by atoms with E-state index in [1.165, 1.54) is 6.42 Å². The molecular weight excluding hydrogens is 250 g/mol. The third-order valence-electron chi connectivity index (χ3n) is 3.30. The van der Waals surface area contributed by atoms with Crippen LogP contribution in [0.4, 0.5) is 5.69 Å². The van der Waals surface area contributed by atoms with Crippen molar-refractivity contribution in [3.8, 4) is 5.75 Å². The second-order valence-electron chi connectivity index (χ2n) is 4.61. The van der Waals surface area contributed by atoms with Gasteiger partial charge in [0.25, 0.3) is 0 Å². The molecule has 1 aromatic carbocycles. The molecule has 0 bridgehead atoms. The Hall–Kier alpha value is -1.42. The first kappa shape index (κ1) is 13.0. The molecule has 1 aliphatic rings. The molecule has 0 amide bonds. The second kappa shape index (κ2) is 5.48. The van der Waals surface area contributed by atoms with Crippen LogP contribution >= 0.6 is 11.6 Å². The topological polar surface area (TPSA) is 59.6 Å². The molecule has 1 aromatic rings. The van der Waals surface area contributed by atoms with Gasteiger partial charge in [-0.1, -0.05) is 18.5 Å². The fraction of sp³-hybridized carbons (Fsp3) is 0.462.